The SMILES string of the molecule is Cc1ncc(Cn2ncc(-c3ccccc3)c2N)c(=O)[nH]1. The van der Waals surface area contributed by atoms with Gasteiger partial charge in [0.2, 0.25) is 0 Å². The van der Waals surface area contributed by atoms with Gasteiger partial charge in [-0.1, -0.05) is 30.3 Å². The maximum absolute atomic E-state index is 11.9. The third-order valence-corrected chi connectivity index (χ3v) is 3.29. The van der Waals surface area contributed by atoms with Crippen LogP contribution in [0.3, 0.4) is 0 Å². The number of nitrogens with zero attached hydrogens (tertiary/aromatic N) is 3. The fourth-order valence-electron chi connectivity index (χ4n) is 2.15. The lowest BCUT2D eigenvalue weighted by Gasteiger charge is -2.05. The van der Waals surface area contributed by atoms with Crippen molar-refractivity contribution in [2.45, 2.75) is 13.5 Å². The zero-order chi connectivity index (χ0) is 14.8. The monoisotopic (exact) mass is 281 g/mol. The lowest BCUT2D eigenvalue weighted by Crippen LogP contribution is -2.18. The van der Waals surface area contributed by atoms with E-state index in [0.717, 1.165) is 11.1 Å². The summed E-state index contributed by atoms with van der Waals surface area (Å²) in [6.07, 6.45) is 3.26. The number of anilines is 1. The van der Waals surface area contributed by atoms with Crippen molar-refractivity contribution in [2.75, 3.05) is 5.73 Å². The van der Waals surface area contributed by atoms with Crippen LogP contribution < -0.4 is 11.3 Å². The average molecular weight is 281 g/mol. The Morgan fingerprint density at radius 2 is 2.00 bits per heavy atom. The highest BCUT2D eigenvalue weighted by Crippen LogP contribution is 2.25. The van der Waals surface area contributed by atoms with Gasteiger partial charge in [-0.3, -0.25) is 4.79 Å². The summed E-state index contributed by atoms with van der Waals surface area (Å²) in [7, 11) is 0. The standard InChI is InChI=1S/C15H15N5O/c1-10-17-7-12(15(21)19-10)9-20-14(16)13(8-18-20)11-5-3-2-4-6-11/h2-8H,9,16H2,1H3,(H,17,19,21). The third kappa shape index (κ3) is 2.55. The van der Waals surface area contributed by atoms with Crippen LogP contribution in [0.2, 0.25) is 0 Å². The summed E-state index contributed by atoms with van der Waals surface area (Å²) >= 11 is 0. The number of hydrogen-bond acceptors (Lipinski definition) is 4. The average Bonchev–Trinajstić information content (AvgIpc) is 2.84. The first-order chi connectivity index (χ1) is 10.1. The molecule has 0 aliphatic rings. The molecule has 0 bridgehead atoms. The van der Waals surface area contributed by atoms with Crippen molar-refractivity contribution in [3.8, 4) is 11.1 Å². The van der Waals surface area contributed by atoms with Crippen molar-refractivity contribution < 1.29 is 0 Å². The van der Waals surface area contributed by atoms with Crippen molar-refractivity contribution in [1.29, 1.82) is 0 Å². The Kier molecular flexibility index (Phi) is 3.27. The van der Waals surface area contributed by atoms with Crippen LogP contribution in [-0.4, -0.2) is 19.7 Å². The molecule has 6 heteroatoms. The number of nitrogen functional groups attached to an aromatic ring is 1. The molecule has 0 unspecified atom stereocenters. The summed E-state index contributed by atoms with van der Waals surface area (Å²) in [5.41, 5.74) is 8.34. The summed E-state index contributed by atoms with van der Waals surface area (Å²) in [5, 5.41) is 4.26. The minimum Gasteiger partial charge on any atom is -0.383 e. The van der Waals surface area contributed by atoms with Crippen molar-refractivity contribution >= 4 is 5.82 Å². The molecular weight excluding hydrogens is 266 g/mol. The maximum atomic E-state index is 11.9. The fourth-order valence-corrected chi connectivity index (χ4v) is 2.15. The summed E-state index contributed by atoms with van der Waals surface area (Å²) in [6, 6.07) is 9.78. The van der Waals surface area contributed by atoms with Crippen LogP contribution in [0.15, 0.2) is 47.5 Å². The van der Waals surface area contributed by atoms with Crippen LogP contribution in [-0.2, 0) is 6.54 Å². The smallest absolute Gasteiger partial charge is 0.255 e. The van der Waals surface area contributed by atoms with Crippen molar-refractivity contribution in [2.24, 2.45) is 0 Å². The Morgan fingerprint density at radius 1 is 1.24 bits per heavy atom. The minimum atomic E-state index is -0.168. The third-order valence-electron chi connectivity index (χ3n) is 3.29. The second kappa shape index (κ2) is 5.24. The van der Waals surface area contributed by atoms with Gasteiger partial charge in [-0.15, -0.1) is 0 Å². The van der Waals surface area contributed by atoms with E-state index in [-0.39, 0.29) is 5.56 Å². The zero-order valence-corrected chi connectivity index (χ0v) is 11.6. The van der Waals surface area contributed by atoms with Gasteiger partial charge in [0.05, 0.1) is 18.3 Å². The molecule has 106 valence electrons. The molecule has 3 aromatic rings. The highest BCUT2D eigenvalue weighted by Gasteiger charge is 2.11. The normalized spacial score (nSPS) is 10.7. The Morgan fingerprint density at radius 3 is 2.71 bits per heavy atom. The number of benzene rings is 1. The summed E-state index contributed by atoms with van der Waals surface area (Å²) in [5.74, 6) is 1.11. The molecule has 0 fully saturated rings. The number of H-pyrrole nitrogens is 1. The second-order valence-electron chi connectivity index (χ2n) is 4.79. The lowest BCUT2D eigenvalue weighted by molar-refractivity contribution is 0.686. The number of aromatic nitrogens is 4. The second-order valence-corrected chi connectivity index (χ2v) is 4.79. The van der Waals surface area contributed by atoms with Gasteiger partial charge >= 0.3 is 0 Å². The largest absolute Gasteiger partial charge is 0.383 e. The van der Waals surface area contributed by atoms with Crippen LogP contribution in [0, 0.1) is 6.92 Å². The molecule has 21 heavy (non-hydrogen) atoms. The summed E-state index contributed by atoms with van der Waals surface area (Å²) < 4.78 is 1.60. The van der Waals surface area contributed by atoms with Gasteiger partial charge in [0.25, 0.3) is 5.56 Å². The number of hydrogen-bond donors (Lipinski definition) is 2. The van der Waals surface area contributed by atoms with Crippen molar-refractivity contribution in [3.05, 3.63) is 64.5 Å². The van der Waals surface area contributed by atoms with Gasteiger partial charge in [-0.05, 0) is 12.5 Å². The molecule has 0 spiro atoms. The summed E-state index contributed by atoms with van der Waals surface area (Å²) in [6.45, 7) is 2.03. The molecule has 0 atom stereocenters. The number of nitrogens with two attached hydrogens (primary N) is 1. The lowest BCUT2D eigenvalue weighted by atomic mass is 10.1. The topological polar surface area (TPSA) is 89.6 Å². The first-order valence-corrected chi connectivity index (χ1v) is 6.56. The van der Waals surface area contributed by atoms with E-state index in [9.17, 15) is 4.79 Å². The molecule has 1 aromatic carbocycles. The molecule has 0 aliphatic carbocycles. The van der Waals surface area contributed by atoms with Gasteiger partial charge in [-0.2, -0.15) is 5.10 Å². The Bertz CT molecular complexity index is 820. The molecule has 0 saturated heterocycles. The van der Waals surface area contributed by atoms with Crippen LogP contribution in [0.5, 0.6) is 0 Å². The number of nitrogens with one attached hydrogen (secondary N) is 1. The predicted molar refractivity (Wildman–Crippen MR) is 80.8 cm³/mol. The highest BCUT2D eigenvalue weighted by atomic mass is 16.1. The van der Waals surface area contributed by atoms with Crippen molar-refractivity contribution in [3.63, 3.8) is 0 Å². The van der Waals surface area contributed by atoms with Gasteiger partial charge < -0.3 is 10.7 Å². The number of aromatic amines is 1. The molecule has 6 nitrogen and oxygen atoms in total. The van der Waals surface area contributed by atoms with Gasteiger partial charge in [0.1, 0.15) is 11.6 Å². The Hall–Kier alpha value is -2.89. The molecule has 0 radical (unpaired) electrons. The molecule has 2 aromatic heterocycles. The molecule has 0 aliphatic heterocycles. The van der Waals surface area contributed by atoms with E-state index in [4.69, 9.17) is 5.73 Å². The Balaban J connectivity index is 1.94. The minimum absolute atomic E-state index is 0.168. The van der Waals surface area contributed by atoms with Gasteiger partial charge in [-0.25, -0.2) is 9.67 Å². The van der Waals surface area contributed by atoms with Crippen LogP contribution >= 0.6 is 0 Å². The van der Waals surface area contributed by atoms with E-state index in [1.165, 1.54) is 0 Å². The predicted octanol–water partition coefficient (Wildman–Crippen LogP) is 1.57. The maximum Gasteiger partial charge on any atom is 0.255 e. The fraction of sp³-hybridized carbons (Fsp3) is 0.133. The van der Waals surface area contributed by atoms with Crippen LogP contribution in [0.4, 0.5) is 5.82 Å². The molecular formula is C15H15N5O. The van der Waals surface area contributed by atoms with Crippen molar-refractivity contribution in [1.82, 2.24) is 19.7 Å². The molecule has 0 amide bonds. The molecule has 3 rings (SSSR count). The molecule has 2 heterocycles. The van der Waals surface area contributed by atoms with E-state index < -0.39 is 0 Å². The van der Waals surface area contributed by atoms with Gasteiger partial charge in [0, 0.05) is 11.8 Å². The molecule has 3 N–H and O–H groups in total. The van der Waals surface area contributed by atoms with E-state index in [1.807, 2.05) is 30.3 Å². The van der Waals surface area contributed by atoms with Crippen LogP contribution in [0.25, 0.3) is 11.1 Å². The summed E-state index contributed by atoms with van der Waals surface area (Å²) in [4.78, 5) is 18.6. The van der Waals surface area contributed by atoms with Gasteiger partial charge in [0.15, 0.2) is 0 Å². The first-order valence-electron chi connectivity index (χ1n) is 6.56. The van der Waals surface area contributed by atoms with E-state index in [1.54, 1.807) is 24.0 Å². The van der Waals surface area contributed by atoms with E-state index in [0.29, 0.717) is 23.8 Å². The highest BCUT2D eigenvalue weighted by molar-refractivity contribution is 5.73. The number of rotatable bonds is 3. The quantitative estimate of drug-likeness (QED) is 0.762. The first kappa shape index (κ1) is 13.1. The van der Waals surface area contributed by atoms with E-state index in [2.05, 4.69) is 15.1 Å². The zero-order valence-electron chi connectivity index (χ0n) is 11.6. The van der Waals surface area contributed by atoms with E-state index >= 15 is 0 Å². The number of aryl methyl sites for hydroxylation is 1. The van der Waals surface area contributed by atoms with Crippen LogP contribution in [0.1, 0.15) is 11.4 Å². The Labute approximate surface area is 121 Å². The molecule has 0 saturated carbocycles.